The minimum Gasteiger partial charge on any atom is -0.497 e. The van der Waals surface area contributed by atoms with E-state index in [0.717, 1.165) is 59.9 Å². The first kappa shape index (κ1) is 21.7. The summed E-state index contributed by atoms with van der Waals surface area (Å²) in [5, 5.41) is 3.92. The van der Waals surface area contributed by atoms with Crippen molar-refractivity contribution >= 4 is 28.7 Å². The number of anilines is 3. The van der Waals surface area contributed by atoms with Crippen LogP contribution in [-0.2, 0) is 0 Å². The number of aromatic amines is 1. The molecule has 0 spiro atoms. The molecule has 5 rings (SSSR count). The first-order chi connectivity index (χ1) is 16.5. The smallest absolute Gasteiger partial charge is 0.252 e. The molecule has 0 bridgehead atoms. The molecule has 1 aliphatic heterocycles. The molecule has 4 heterocycles. The zero-order valence-corrected chi connectivity index (χ0v) is 19.4. The Labute approximate surface area is 196 Å². The summed E-state index contributed by atoms with van der Waals surface area (Å²) < 4.78 is 5.29. The van der Waals surface area contributed by atoms with Crippen molar-refractivity contribution in [2.75, 3.05) is 30.4 Å². The lowest BCUT2D eigenvalue weighted by Gasteiger charge is -2.26. The highest BCUT2D eigenvalue weighted by atomic mass is 16.5. The van der Waals surface area contributed by atoms with E-state index in [0.29, 0.717) is 17.2 Å². The van der Waals surface area contributed by atoms with E-state index in [1.807, 2.05) is 32.0 Å². The third-order valence-electron chi connectivity index (χ3n) is 5.95. The van der Waals surface area contributed by atoms with E-state index in [1.54, 1.807) is 13.3 Å². The van der Waals surface area contributed by atoms with Crippen molar-refractivity contribution in [3.8, 4) is 17.0 Å². The summed E-state index contributed by atoms with van der Waals surface area (Å²) in [6, 6.07) is 7.04. The van der Waals surface area contributed by atoms with E-state index in [2.05, 4.69) is 40.1 Å². The molecule has 0 unspecified atom stereocenters. The van der Waals surface area contributed by atoms with E-state index >= 15 is 0 Å². The number of benzene rings is 1. The van der Waals surface area contributed by atoms with Crippen molar-refractivity contribution in [1.29, 1.82) is 0 Å². The Kier molecular flexibility index (Phi) is 5.79. The van der Waals surface area contributed by atoms with E-state index < -0.39 is 0 Å². The topological polar surface area (TPSA) is 122 Å². The standard InChI is InChI=1S/C24H26N8O2/c1-14-17-11-16(34-3)7-8-19(17)28-22(26-14)31-23-29-20(12-21(33)30-23)18-13-25-24(27-15(18)2)32-9-5-4-6-10-32/h7-8,11-13H,4-6,9-10H2,1-3H3,(H2,26,28,29,30,31,33). The average molecular weight is 459 g/mol. The van der Waals surface area contributed by atoms with Gasteiger partial charge in [-0.1, -0.05) is 0 Å². The number of aromatic nitrogens is 6. The van der Waals surface area contributed by atoms with Gasteiger partial charge in [0.1, 0.15) is 5.75 Å². The van der Waals surface area contributed by atoms with Crippen LogP contribution < -0.4 is 20.5 Å². The molecule has 1 aliphatic rings. The van der Waals surface area contributed by atoms with Gasteiger partial charge in [0.05, 0.1) is 29.7 Å². The lowest BCUT2D eigenvalue weighted by atomic mass is 10.1. The van der Waals surface area contributed by atoms with Gasteiger partial charge in [0, 0.05) is 36.3 Å². The number of piperidine rings is 1. The van der Waals surface area contributed by atoms with Crippen molar-refractivity contribution in [2.24, 2.45) is 0 Å². The van der Waals surface area contributed by atoms with Crippen molar-refractivity contribution in [3.05, 3.63) is 52.2 Å². The fraction of sp³-hybridized carbons (Fsp3) is 0.333. The monoisotopic (exact) mass is 458 g/mol. The van der Waals surface area contributed by atoms with Gasteiger partial charge in [-0.3, -0.25) is 15.1 Å². The van der Waals surface area contributed by atoms with Gasteiger partial charge in [-0.15, -0.1) is 0 Å². The molecule has 1 saturated heterocycles. The van der Waals surface area contributed by atoms with Crippen LogP contribution in [-0.4, -0.2) is 50.1 Å². The first-order valence-corrected chi connectivity index (χ1v) is 11.3. The molecule has 1 fully saturated rings. The SMILES string of the molecule is COc1ccc2nc(Nc3nc(-c4cnc(N5CCCCC5)nc4C)cc(=O)[nH]3)nc(C)c2c1. The first-order valence-electron chi connectivity index (χ1n) is 11.3. The van der Waals surface area contributed by atoms with E-state index in [-0.39, 0.29) is 11.5 Å². The highest BCUT2D eigenvalue weighted by Gasteiger charge is 2.16. The molecule has 0 amide bonds. The normalized spacial score (nSPS) is 13.8. The second-order valence-electron chi connectivity index (χ2n) is 8.34. The molecule has 10 nitrogen and oxygen atoms in total. The molecule has 0 atom stereocenters. The molecule has 4 aromatic rings. The minimum absolute atomic E-state index is 0.245. The number of methoxy groups -OCH3 is 1. The molecule has 174 valence electrons. The zero-order chi connectivity index (χ0) is 23.7. The van der Waals surface area contributed by atoms with Crippen molar-refractivity contribution in [2.45, 2.75) is 33.1 Å². The Bertz CT molecular complexity index is 1410. The van der Waals surface area contributed by atoms with Crippen molar-refractivity contribution in [3.63, 3.8) is 0 Å². The molecule has 34 heavy (non-hydrogen) atoms. The number of rotatable bonds is 5. The van der Waals surface area contributed by atoms with Gasteiger partial charge in [0.25, 0.3) is 5.56 Å². The summed E-state index contributed by atoms with van der Waals surface area (Å²) in [7, 11) is 1.62. The summed E-state index contributed by atoms with van der Waals surface area (Å²) in [5.74, 6) is 2.04. The Morgan fingerprint density at radius 3 is 2.59 bits per heavy atom. The third kappa shape index (κ3) is 4.39. The van der Waals surface area contributed by atoms with Crippen LogP contribution in [0, 0.1) is 13.8 Å². The number of aryl methyl sites for hydroxylation is 2. The summed E-state index contributed by atoms with van der Waals surface area (Å²) in [5.41, 5.74) is 3.20. The third-order valence-corrected chi connectivity index (χ3v) is 5.95. The maximum Gasteiger partial charge on any atom is 0.252 e. The van der Waals surface area contributed by atoms with Crippen molar-refractivity contribution in [1.82, 2.24) is 29.9 Å². The van der Waals surface area contributed by atoms with Crippen LogP contribution in [0.25, 0.3) is 22.2 Å². The van der Waals surface area contributed by atoms with E-state index in [9.17, 15) is 4.79 Å². The van der Waals surface area contributed by atoms with Crippen LogP contribution in [0.2, 0.25) is 0 Å². The summed E-state index contributed by atoms with van der Waals surface area (Å²) >= 11 is 0. The van der Waals surface area contributed by atoms with Crippen LogP contribution in [0.4, 0.5) is 17.8 Å². The summed E-state index contributed by atoms with van der Waals surface area (Å²) in [6.07, 6.45) is 5.29. The van der Waals surface area contributed by atoms with Gasteiger partial charge in [-0.05, 0) is 51.3 Å². The fourth-order valence-electron chi connectivity index (χ4n) is 4.16. The Balaban J connectivity index is 1.45. The predicted molar refractivity (Wildman–Crippen MR) is 131 cm³/mol. The second-order valence-corrected chi connectivity index (χ2v) is 8.34. The maximum absolute atomic E-state index is 12.4. The Morgan fingerprint density at radius 1 is 1.00 bits per heavy atom. The fourth-order valence-corrected chi connectivity index (χ4v) is 4.16. The molecule has 10 heteroatoms. The van der Waals surface area contributed by atoms with Crippen LogP contribution in [0.5, 0.6) is 5.75 Å². The number of nitrogens with zero attached hydrogens (tertiary/aromatic N) is 6. The number of H-pyrrole nitrogens is 1. The minimum atomic E-state index is -0.297. The summed E-state index contributed by atoms with van der Waals surface area (Å²) in [4.78, 5) is 40.2. The molecule has 3 aromatic heterocycles. The lowest BCUT2D eigenvalue weighted by Crippen LogP contribution is -2.31. The van der Waals surface area contributed by atoms with Gasteiger partial charge < -0.3 is 9.64 Å². The van der Waals surface area contributed by atoms with E-state index in [4.69, 9.17) is 4.74 Å². The highest BCUT2D eigenvalue weighted by molar-refractivity contribution is 5.83. The lowest BCUT2D eigenvalue weighted by molar-refractivity contribution is 0.415. The zero-order valence-electron chi connectivity index (χ0n) is 19.4. The predicted octanol–water partition coefficient (Wildman–Crippen LogP) is 3.53. The number of nitrogens with one attached hydrogen (secondary N) is 2. The maximum atomic E-state index is 12.4. The quantitative estimate of drug-likeness (QED) is 0.462. The van der Waals surface area contributed by atoms with Gasteiger partial charge in [-0.25, -0.2) is 24.9 Å². The van der Waals surface area contributed by atoms with Crippen LogP contribution in [0.3, 0.4) is 0 Å². The molecule has 0 saturated carbocycles. The van der Waals surface area contributed by atoms with Gasteiger partial charge in [0.2, 0.25) is 17.8 Å². The van der Waals surface area contributed by atoms with E-state index in [1.165, 1.54) is 12.5 Å². The van der Waals surface area contributed by atoms with Gasteiger partial charge in [-0.2, -0.15) is 0 Å². The van der Waals surface area contributed by atoms with Crippen LogP contribution >= 0.6 is 0 Å². The molecule has 2 N–H and O–H groups in total. The molecule has 0 aliphatic carbocycles. The van der Waals surface area contributed by atoms with Crippen LogP contribution in [0.15, 0.2) is 35.3 Å². The number of ether oxygens (including phenoxy) is 1. The van der Waals surface area contributed by atoms with Gasteiger partial charge in [0.15, 0.2) is 0 Å². The number of hydrogen-bond acceptors (Lipinski definition) is 9. The molecular weight excluding hydrogens is 432 g/mol. The van der Waals surface area contributed by atoms with Gasteiger partial charge >= 0.3 is 0 Å². The highest BCUT2D eigenvalue weighted by Crippen LogP contribution is 2.25. The Hall–Kier alpha value is -4.08. The average Bonchev–Trinajstić information content (AvgIpc) is 2.84. The summed E-state index contributed by atoms with van der Waals surface area (Å²) in [6.45, 7) is 5.73. The Morgan fingerprint density at radius 2 is 1.82 bits per heavy atom. The van der Waals surface area contributed by atoms with Crippen molar-refractivity contribution < 1.29 is 4.74 Å². The number of hydrogen-bond donors (Lipinski definition) is 2. The second kappa shape index (κ2) is 9.05. The molecule has 0 radical (unpaired) electrons. The largest absolute Gasteiger partial charge is 0.497 e. The molecule has 1 aromatic carbocycles. The number of fused-ring (bicyclic) bond motifs is 1. The molecular formula is C24H26N8O2. The van der Waals surface area contributed by atoms with Crippen LogP contribution in [0.1, 0.15) is 30.7 Å².